The van der Waals surface area contributed by atoms with Gasteiger partial charge in [0.05, 0.1) is 15.5 Å². The smallest absolute Gasteiger partial charge is 0.257 e. The van der Waals surface area contributed by atoms with Gasteiger partial charge in [-0.25, -0.2) is 8.42 Å². The molecule has 0 unspecified atom stereocenters. The minimum Gasteiger partial charge on any atom is -0.372 e. The Morgan fingerprint density at radius 3 is 2.29 bits per heavy atom. The number of amides is 1. The van der Waals surface area contributed by atoms with Crippen molar-refractivity contribution in [3.05, 3.63) is 53.1 Å². The molecule has 2 aliphatic rings. The van der Waals surface area contributed by atoms with Crippen LogP contribution in [0.4, 0.5) is 11.4 Å². The number of piperidine rings is 1. The monoisotopic (exact) mass is 461 g/mol. The van der Waals surface area contributed by atoms with E-state index in [1.807, 2.05) is 24.3 Å². The van der Waals surface area contributed by atoms with Gasteiger partial charge >= 0.3 is 0 Å². The van der Waals surface area contributed by atoms with E-state index in [9.17, 15) is 13.2 Å². The average molecular weight is 462 g/mol. The highest BCUT2D eigenvalue weighted by Crippen LogP contribution is 2.28. The zero-order valence-corrected chi connectivity index (χ0v) is 19.3. The van der Waals surface area contributed by atoms with Crippen molar-refractivity contribution < 1.29 is 13.2 Å². The van der Waals surface area contributed by atoms with E-state index in [0.717, 1.165) is 31.6 Å². The van der Waals surface area contributed by atoms with Gasteiger partial charge in [-0.3, -0.25) is 4.79 Å². The highest BCUT2D eigenvalue weighted by Gasteiger charge is 2.29. The Morgan fingerprint density at radius 2 is 1.65 bits per heavy atom. The molecule has 0 spiro atoms. The lowest BCUT2D eigenvalue weighted by molar-refractivity contribution is 0.102. The van der Waals surface area contributed by atoms with E-state index < -0.39 is 15.9 Å². The SMILES string of the molecule is CC1CCN(S(=O)(=O)c2ccc(Cl)c(C(=O)Nc3ccc(N4CCCC4)cc3)c2)CC1. The molecular formula is C23H28ClN3O3S. The molecule has 8 heteroatoms. The molecule has 31 heavy (non-hydrogen) atoms. The molecule has 0 atom stereocenters. The zero-order valence-electron chi connectivity index (χ0n) is 17.7. The first-order valence-corrected chi connectivity index (χ1v) is 12.6. The number of sulfonamides is 1. The lowest BCUT2D eigenvalue weighted by atomic mass is 10.0. The Morgan fingerprint density at radius 1 is 1.00 bits per heavy atom. The number of carbonyl (C=O) groups is 1. The molecule has 2 aromatic carbocycles. The predicted octanol–water partition coefficient (Wildman–Crippen LogP) is 4.61. The second-order valence-corrected chi connectivity index (χ2v) is 10.8. The normalized spacial score (nSPS) is 18.3. The molecule has 0 aliphatic carbocycles. The lowest BCUT2D eigenvalue weighted by Crippen LogP contribution is -2.37. The van der Waals surface area contributed by atoms with E-state index in [4.69, 9.17) is 11.6 Å². The minimum atomic E-state index is -3.66. The average Bonchev–Trinajstić information content (AvgIpc) is 3.29. The van der Waals surface area contributed by atoms with E-state index in [0.29, 0.717) is 24.7 Å². The first-order chi connectivity index (χ1) is 14.8. The Balaban J connectivity index is 1.50. The van der Waals surface area contributed by atoms with Crippen LogP contribution in [0.15, 0.2) is 47.4 Å². The van der Waals surface area contributed by atoms with Crippen LogP contribution < -0.4 is 10.2 Å². The molecule has 1 N–H and O–H groups in total. The summed E-state index contributed by atoms with van der Waals surface area (Å²) in [5, 5.41) is 3.05. The van der Waals surface area contributed by atoms with Gasteiger partial charge in [0, 0.05) is 37.6 Å². The summed E-state index contributed by atoms with van der Waals surface area (Å²) in [4.78, 5) is 15.3. The number of hydrogen-bond donors (Lipinski definition) is 1. The quantitative estimate of drug-likeness (QED) is 0.705. The molecule has 2 aromatic rings. The van der Waals surface area contributed by atoms with Crippen molar-refractivity contribution in [2.24, 2.45) is 5.92 Å². The van der Waals surface area contributed by atoms with Gasteiger partial charge in [0.2, 0.25) is 10.0 Å². The second kappa shape index (κ2) is 9.18. The number of carbonyl (C=O) groups excluding carboxylic acids is 1. The number of nitrogens with one attached hydrogen (secondary N) is 1. The second-order valence-electron chi connectivity index (χ2n) is 8.42. The van der Waals surface area contributed by atoms with Crippen LogP contribution >= 0.6 is 11.6 Å². The Hall–Kier alpha value is -2.09. The van der Waals surface area contributed by atoms with Crippen LogP contribution in [0.5, 0.6) is 0 Å². The molecule has 2 saturated heterocycles. The molecule has 6 nitrogen and oxygen atoms in total. The van der Waals surface area contributed by atoms with Crippen molar-refractivity contribution >= 4 is 38.9 Å². The van der Waals surface area contributed by atoms with Crippen molar-refractivity contribution in [2.45, 2.75) is 37.5 Å². The van der Waals surface area contributed by atoms with Gasteiger partial charge < -0.3 is 10.2 Å². The minimum absolute atomic E-state index is 0.0981. The van der Waals surface area contributed by atoms with Gasteiger partial charge in [-0.05, 0) is 74.1 Å². The van der Waals surface area contributed by atoms with E-state index in [-0.39, 0.29) is 15.5 Å². The molecule has 0 radical (unpaired) electrons. The highest BCUT2D eigenvalue weighted by atomic mass is 35.5. The van der Waals surface area contributed by atoms with Crippen LogP contribution in [0.1, 0.15) is 43.0 Å². The van der Waals surface area contributed by atoms with Crippen LogP contribution in [0.2, 0.25) is 5.02 Å². The number of nitrogens with zero attached hydrogens (tertiary/aromatic N) is 2. The summed E-state index contributed by atoms with van der Waals surface area (Å²) in [6, 6.07) is 12.0. The summed E-state index contributed by atoms with van der Waals surface area (Å²) in [5.74, 6) is 0.0955. The van der Waals surface area contributed by atoms with Gasteiger partial charge in [-0.2, -0.15) is 4.31 Å². The van der Waals surface area contributed by atoms with E-state index in [1.54, 1.807) is 0 Å². The number of hydrogen-bond acceptors (Lipinski definition) is 4. The summed E-state index contributed by atoms with van der Waals surface area (Å²) in [6.07, 6.45) is 4.08. The van der Waals surface area contributed by atoms with Gasteiger partial charge in [0.1, 0.15) is 0 Å². The molecule has 2 heterocycles. The maximum Gasteiger partial charge on any atom is 0.257 e. The Labute approximate surface area is 189 Å². The largest absolute Gasteiger partial charge is 0.372 e. The third-order valence-corrected chi connectivity index (χ3v) is 8.38. The Bertz CT molecular complexity index is 1040. The van der Waals surface area contributed by atoms with Crippen LogP contribution in [-0.2, 0) is 10.0 Å². The highest BCUT2D eigenvalue weighted by molar-refractivity contribution is 7.89. The summed E-state index contributed by atoms with van der Waals surface area (Å²) in [7, 11) is -3.66. The standard InChI is InChI=1S/C23H28ClN3O3S/c1-17-10-14-27(15-11-17)31(29,30)20-8-9-22(24)21(16-20)23(28)25-18-4-6-19(7-5-18)26-12-2-3-13-26/h4-9,16-17H,2-3,10-15H2,1H3,(H,25,28). The van der Waals surface area contributed by atoms with Crippen molar-refractivity contribution in [3.8, 4) is 0 Å². The lowest BCUT2D eigenvalue weighted by Gasteiger charge is -2.29. The van der Waals surface area contributed by atoms with Gasteiger partial charge in [-0.15, -0.1) is 0 Å². The summed E-state index contributed by atoms with van der Waals surface area (Å²) < 4.78 is 27.6. The molecule has 0 saturated carbocycles. The van der Waals surface area contributed by atoms with Gasteiger partial charge in [0.25, 0.3) is 5.91 Å². The Kier molecular flexibility index (Phi) is 6.55. The van der Waals surface area contributed by atoms with Crippen molar-refractivity contribution in [3.63, 3.8) is 0 Å². The fourth-order valence-electron chi connectivity index (χ4n) is 4.14. The third kappa shape index (κ3) is 4.89. The van der Waals surface area contributed by atoms with E-state index >= 15 is 0 Å². The first-order valence-electron chi connectivity index (χ1n) is 10.8. The number of halogens is 1. The molecule has 4 rings (SSSR count). The topological polar surface area (TPSA) is 69.7 Å². The van der Waals surface area contributed by atoms with Crippen molar-refractivity contribution in [1.82, 2.24) is 4.31 Å². The van der Waals surface area contributed by atoms with Crippen molar-refractivity contribution in [1.29, 1.82) is 0 Å². The predicted molar refractivity (Wildman–Crippen MR) is 124 cm³/mol. The van der Waals surface area contributed by atoms with Crippen LogP contribution in [0.3, 0.4) is 0 Å². The van der Waals surface area contributed by atoms with Crippen LogP contribution in [0, 0.1) is 5.92 Å². The van der Waals surface area contributed by atoms with Gasteiger partial charge in [-0.1, -0.05) is 18.5 Å². The molecular weight excluding hydrogens is 434 g/mol. The van der Waals surface area contributed by atoms with Crippen molar-refractivity contribution in [2.75, 3.05) is 36.4 Å². The molecule has 2 fully saturated rings. The third-order valence-electron chi connectivity index (χ3n) is 6.16. The maximum absolute atomic E-state index is 13.0. The molecule has 0 bridgehead atoms. The van der Waals surface area contributed by atoms with Crippen LogP contribution in [-0.4, -0.2) is 44.8 Å². The van der Waals surface area contributed by atoms with E-state index in [1.165, 1.54) is 35.3 Å². The molecule has 166 valence electrons. The summed E-state index contributed by atoms with van der Waals surface area (Å²) >= 11 is 6.25. The summed E-state index contributed by atoms with van der Waals surface area (Å²) in [6.45, 7) is 5.23. The number of anilines is 2. The molecule has 0 aromatic heterocycles. The first kappa shape index (κ1) is 22.1. The van der Waals surface area contributed by atoms with Crippen LogP contribution in [0.25, 0.3) is 0 Å². The van der Waals surface area contributed by atoms with Gasteiger partial charge in [0.15, 0.2) is 0 Å². The molecule has 2 aliphatic heterocycles. The fourth-order valence-corrected chi connectivity index (χ4v) is 5.84. The molecule has 1 amide bonds. The fraction of sp³-hybridized carbons (Fsp3) is 0.435. The number of rotatable bonds is 5. The van der Waals surface area contributed by atoms with E-state index in [2.05, 4.69) is 17.1 Å². The zero-order chi connectivity index (χ0) is 22.0. The summed E-state index contributed by atoms with van der Waals surface area (Å²) in [5.41, 5.74) is 1.93. The maximum atomic E-state index is 13.0. The number of benzene rings is 2.